The number of nitrogens with zero attached hydrogens (tertiary/aromatic N) is 3. The molecule has 2 aromatic heterocycles. The van der Waals surface area contributed by atoms with Crippen LogP contribution in [0.4, 0.5) is 11.4 Å². The van der Waals surface area contributed by atoms with Crippen molar-refractivity contribution < 1.29 is 8.42 Å². The predicted octanol–water partition coefficient (Wildman–Crippen LogP) is 5.88. The number of aromatic nitrogens is 2. The second-order valence-electron chi connectivity index (χ2n) is 9.70. The quantitative estimate of drug-likeness (QED) is 0.256. The van der Waals surface area contributed by atoms with Crippen molar-refractivity contribution in [3.63, 3.8) is 0 Å². The van der Waals surface area contributed by atoms with Crippen LogP contribution in [0, 0.1) is 6.92 Å². The fourth-order valence-electron chi connectivity index (χ4n) is 5.24. The summed E-state index contributed by atoms with van der Waals surface area (Å²) in [6.07, 6.45) is 5.01. The van der Waals surface area contributed by atoms with Gasteiger partial charge in [-0.2, -0.15) is 0 Å². The van der Waals surface area contributed by atoms with Crippen molar-refractivity contribution in [1.29, 1.82) is 0 Å². The number of sulfonamides is 1. The first kappa shape index (κ1) is 25.1. The Labute approximate surface area is 233 Å². The van der Waals surface area contributed by atoms with Crippen molar-refractivity contribution in [2.75, 3.05) is 15.9 Å². The van der Waals surface area contributed by atoms with Crippen LogP contribution in [0.1, 0.15) is 29.0 Å². The van der Waals surface area contributed by atoms with Gasteiger partial charge >= 0.3 is 0 Å². The van der Waals surface area contributed by atoms with Crippen LogP contribution in [-0.4, -0.2) is 29.3 Å². The predicted molar refractivity (Wildman–Crippen MR) is 161 cm³/mol. The Hall–Kier alpha value is -4.21. The summed E-state index contributed by atoms with van der Waals surface area (Å²) in [6, 6.07) is 30.0. The molecule has 0 bridgehead atoms. The maximum absolute atomic E-state index is 11.8. The highest BCUT2D eigenvalue weighted by Crippen LogP contribution is 2.43. The van der Waals surface area contributed by atoms with E-state index in [1.54, 1.807) is 12.3 Å². The van der Waals surface area contributed by atoms with E-state index in [4.69, 9.17) is 12.2 Å². The molecule has 196 valence electrons. The van der Waals surface area contributed by atoms with Gasteiger partial charge in [-0.25, -0.2) is 8.42 Å². The van der Waals surface area contributed by atoms with E-state index in [2.05, 4.69) is 67.1 Å². The maximum Gasteiger partial charge on any atom is 0.229 e. The monoisotopic (exact) mass is 553 g/mol. The Balaban J connectivity index is 1.48. The standard InChI is InChI=1S/C30H27N5O2S2/c1-20-18-24(14-15-25(20)33-39(2,36)37)35-29(28(32-30(35)38)26-10-5-6-16-31-26)27-11-7-17-34(27)23-13-12-21-8-3-4-9-22(21)19-23/h3-19,28-29,33H,1-2H3,(H,32,38)/t28-,29+/m1/s1. The molecule has 0 unspecified atom stereocenters. The van der Waals surface area contributed by atoms with Gasteiger partial charge in [-0.05, 0) is 90.1 Å². The summed E-state index contributed by atoms with van der Waals surface area (Å²) in [7, 11) is -3.40. The Bertz CT molecular complexity index is 1800. The highest BCUT2D eigenvalue weighted by molar-refractivity contribution is 7.92. The Kier molecular flexibility index (Phi) is 6.32. The molecule has 1 aliphatic heterocycles. The van der Waals surface area contributed by atoms with E-state index < -0.39 is 10.0 Å². The number of fused-ring (bicyclic) bond motifs is 1. The fourth-order valence-corrected chi connectivity index (χ4v) is 6.22. The maximum atomic E-state index is 11.8. The zero-order valence-electron chi connectivity index (χ0n) is 21.4. The molecule has 1 fully saturated rings. The third-order valence-corrected chi connectivity index (χ3v) is 7.88. The molecule has 39 heavy (non-hydrogen) atoms. The second kappa shape index (κ2) is 9.83. The van der Waals surface area contributed by atoms with Crippen molar-refractivity contribution in [1.82, 2.24) is 14.9 Å². The van der Waals surface area contributed by atoms with E-state index in [0.717, 1.165) is 40.0 Å². The summed E-state index contributed by atoms with van der Waals surface area (Å²) in [6.45, 7) is 1.88. The molecule has 3 aromatic carbocycles. The molecule has 0 saturated carbocycles. The minimum Gasteiger partial charge on any atom is -0.351 e. The number of hydrogen-bond acceptors (Lipinski definition) is 4. The Morgan fingerprint density at radius 2 is 1.67 bits per heavy atom. The SMILES string of the molecule is Cc1cc(N2C(=S)N[C@H](c3ccccn3)[C@@H]2c2cccn2-c2ccc3ccccc3c2)ccc1NS(C)(=O)=O. The summed E-state index contributed by atoms with van der Waals surface area (Å²) in [5, 5.41) is 6.43. The molecule has 0 radical (unpaired) electrons. The topological polar surface area (TPSA) is 79.3 Å². The third-order valence-electron chi connectivity index (χ3n) is 6.98. The van der Waals surface area contributed by atoms with Gasteiger partial charge in [0.1, 0.15) is 6.04 Å². The van der Waals surface area contributed by atoms with Crippen LogP contribution < -0.4 is 14.9 Å². The van der Waals surface area contributed by atoms with Gasteiger partial charge in [0.2, 0.25) is 10.0 Å². The highest BCUT2D eigenvalue weighted by atomic mass is 32.2. The number of hydrogen-bond donors (Lipinski definition) is 2. The van der Waals surface area contributed by atoms with Crippen LogP contribution in [0.3, 0.4) is 0 Å². The number of nitrogens with one attached hydrogen (secondary N) is 2. The molecule has 0 aliphatic carbocycles. The van der Waals surface area contributed by atoms with Gasteiger partial charge in [0.05, 0.1) is 23.7 Å². The lowest BCUT2D eigenvalue weighted by molar-refractivity contribution is 0.549. The van der Waals surface area contributed by atoms with Crippen molar-refractivity contribution >= 4 is 49.5 Å². The second-order valence-corrected chi connectivity index (χ2v) is 11.8. The van der Waals surface area contributed by atoms with Gasteiger partial charge in [-0.3, -0.25) is 9.71 Å². The summed E-state index contributed by atoms with van der Waals surface area (Å²) in [5.74, 6) is 0. The van der Waals surface area contributed by atoms with Crippen molar-refractivity contribution in [2.45, 2.75) is 19.0 Å². The summed E-state index contributed by atoms with van der Waals surface area (Å²) in [4.78, 5) is 6.76. The first-order chi connectivity index (χ1) is 18.8. The first-order valence-corrected chi connectivity index (χ1v) is 14.8. The third kappa shape index (κ3) is 4.86. The normalized spacial score (nSPS) is 17.4. The summed E-state index contributed by atoms with van der Waals surface area (Å²) in [5.41, 5.74) is 5.17. The molecule has 2 N–H and O–H groups in total. The number of thiocarbonyl (C=S) groups is 1. The van der Waals surface area contributed by atoms with Gasteiger partial charge in [-0.15, -0.1) is 0 Å². The summed E-state index contributed by atoms with van der Waals surface area (Å²) < 4.78 is 28.5. The molecule has 2 atom stereocenters. The number of aryl methyl sites for hydroxylation is 1. The van der Waals surface area contributed by atoms with E-state index in [1.165, 1.54) is 5.39 Å². The van der Waals surface area contributed by atoms with Crippen LogP contribution in [0.2, 0.25) is 0 Å². The van der Waals surface area contributed by atoms with Crippen molar-refractivity contribution in [2.24, 2.45) is 0 Å². The molecular formula is C30H27N5O2S2. The van der Waals surface area contributed by atoms with Crippen LogP contribution in [0.15, 0.2) is 103 Å². The van der Waals surface area contributed by atoms with Crippen molar-refractivity contribution in [3.05, 3.63) is 120 Å². The average molecular weight is 554 g/mol. The largest absolute Gasteiger partial charge is 0.351 e. The Morgan fingerprint density at radius 1 is 0.897 bits per heavy atom. The van der Waals surface area contributed by atoms with Gasteiger partial charge in [0.25, 0.3) is 0 Å². The molecular weight excluding hydrogens is 526 g/mol. The fraction of sp³-hybridized carbons (Fsp3) is 0.133. The molecule has 1 saturated heterocycles. The lowest BCUT2D eigenvalue weighted by atomic mass is 10.00. The van der Waals surface area contributed by atoms with Crippen LogP contribution >= 0.6 is 12.2 Å². The highest BCUT2D eigenvalue weighted by Gasteiger charge is 2.42. The zero-order valence-corrected chi connectivity index (χ0v) is 23.1. The molecule has 0 spiro atoms. The minimum absolute atomic E-state index is 0.207. The van der Waals surface area contributed by atoms with Crippen LogP contribution in [0.25, 0.3) is 16.5 Å². The van der Waals surface area contributed by atoms with E-state index >= 15 is 0 Å². The number of benzene rings is 3. The van der Waals surface area contributed by atoms with Gasteiger partial charge < -0.3 is 14.8 Å². The van der Waals surface area contributed by atoms with E-state index in [0.29, 0.717) is 10.8 Å². The summed E-state index contributed by atoms with van der Waals surface area (Å²) >= 11 is 5.90. The van der Waals surface area contributed by atoms with E-state index in [1.807, 2.05) is 55.5 Å². The average Bonchev–Trinajstić information content (AvgIpc) is 3.54. The smallest absolute Gasteiger partial charge is 0.229 e. The molecule has 0 amide bonds. The van der Waals surface area contributed by atoms with E-state index in [-0.39, 0.29) is 12.1 Å². The first-order valence-electron chi connectivity index (χ1n) is 12.5. The molecule has 3 heterocycles. The number of rotatable bonds is 6. The van der Waals surface area contributed by atoms with E-state index in [9.17, 15) is 8.42 Å². The molecule has 6 rings (SSSR count). The minimum atomic E-state index is -3.40. The van der Waals surface area contributed by atoms with Gasteiger partial charge in [-0.1, -0.05) is 36.4 Å². The van der Waals surface area contributed by atoms with Crippen LogP contribution in [-0.2, 0) is 10.0 Å². The zero-order chi connectivity index (χ0) is 27.1. The van der Waals surface area contributed by atoms with Crippen molar-refractivity contribution in [3.8, 4) is 5.69 Å². The van der Waals surface area contributed by atoms with Gasteiger partial charge in [0, 0.05) is 29.5 Å². The van der Waals surface area contributed by atoms with Crippen LogP contribution in [0.5, 0.6) is 0 Å². The molecule has 1 aliphatic rings. The Morgan fingerprint density at radius 3 is 2.41 bits per heavy atom. The number of anilines is 2. The lowest BCUT2D eigenvalue weighted by Gasteiger charge is -2.29. The molecule has 5 aromatic rings. The van der Waals surface area contributed by atoms with Gasteiger partial charge in [0.15, 0.2) is 5.11 Å². The lowest BCUT2D eigenvalue weighted by Crippen LogP contribution is -2.30. The molecule has 7 nitrogen and oxygen atoms in total. The molecule has 9 heteroatoms. The number of pyridine rings is 1.